The Morgan fingerprint density at radius 1 is 0.912 bits per heavy atom. The molecule has 1 saturated heterocycles. The number of hydrogen-bond acceptors (Lipinski definition) is 6. The van der Waals surface area contributed by atoms with Crippen LogP contribution in [0.1, 0.15) is 5.56 Å². The van der Waals surface area contributed by atoms with Crippen molar-refractivity contribution in [1.82, 2.24) is 9.80 Å². The monoisotopic (exact) mass is 456 g/mol. The smallest absolute Gasteiger partial charge is 0.200 e. The Balaban J connectivity index is 1.17. The van der Waals surface area contributed by atoms with Crippen LogP contribution in [-0.4, -0.2) is 60.3 Å². The molecule has 1 N–H and O–H groups in total. The third-order valence-electron chi connectivity index (χ3n) is 6.15. The molecule has 0 amide bonds. The number of nitrogens with zero attached hydrogens (tertiary/aromatic N) is 2. The summed E-state index contributed by atoms with van der Waals surface area (Å²) in [5, 5.41) is 11.6. The van der Waals surface area contributed by atoms with E-state index in [0.717, 1.165) is 26.2 Å². The van der Waals surface area contributed by atoms with Crippen LogP contribution in [0.5, 0.6) is 5.75 Å². The van der Waals surface area contributed by atoms with Gasteiger partial charge in [0.05, 0.1) is 10.8 Å². The predicted molar refractivity (Wildman–Crippen MR) is 135 cm³/mol. The molecule has 1 aliphatic rings. The normalized spacial score (nSPS) is 15.9. The van der Waals surface area contributed by atoms with E-state index in [1.165, 1.54) is 5.56 Å². The number of benzene rings is 3. The molecule has 5 rings (SSSR count). The van der Waals surface area contributed by atoms with E-state index in [2.05, 4.69) is 34.2 Å². The van der Waals surface area contributed by atoms with Crippen molar-refractivity contribution in [2.45, 2.75) is 6.10 Å². The van der Waals surface area contributed by atoms with E-state index in [-0.39, 0.29) is 12.0 Å². The maximum atomic E-state index is 12.8. The standard InChI is InChI=1S/C28H28N2O4/c31-22(19-30-17-15-29(16-18-30)14-13-21-7-2-1-3-8-21)20-33-26-12-6-10-24-27(32)23-9-4-5-11-25(23)34-28(24)26/h1-14,22,31H,15-20H2/b14-13+. The molecular weight excluding hydrogens is 428 g/mol. The molecule has 1 aliphatic heterocycles. The van der Waals surface area contributed by atoms with Gasteiger partial charge in [0, 0.05) is 32.7 Å². The molecule has 6 nitrogen and oxygen atoms in total. The minimum atomic E-state index is -0.645. The summed E-state index contributed by atoms with van der Waals surface area (Å²) in [5.41, 5.74) is 2.05. The number of fused-ring (bicyclic) bond motifs is 2. The quantitative estimate of drug-likeness (QED) is 0.425. The fourth-order valence-corrected chi connectivity index (χ4v) is 4.30. The van der Waals surface area contributed by atoms with Crippen molar-refractivity contribution in [3.8, 4) is 5.75 Å². The molecule has 0 bridgehead atoms. The number of para-hydroxylation sites is 2. The lowest BCUT2D eigenvalue weighted by Crippen LogP contribution is -2.47. The third kappa shape index (κ3) is 4.98. The van der Waals surface area contributed by atoms with Gasteiger partial charge in [-0.05, 0) is 42.1 Å². The number of piperazine rings is 1. The first-order valence-corrected chi connectivity index (χ1v) is 11.6. The van der Waals surface area contributed by atoms with E-state index < -0.39 is 6.10 Å². The highest BCUT2D eigenvalue weighted by atomic mass is 16.5. The zero-order valence-corrected chi connectivity index (χ0v) is 19.0. The van der Waals surface area contributed by atoms with E-state index in [1.807, 2.05) is 30.3 Å². The van der Waals surface area contributed by atoms with Gasteiger partial charge >= 0.3 is 0 Å². The number of β-amino-alcohol motifs (C(OH)–C–C–N with tert-alkyl or cyclic N) is 1. The van der Waals surface area contributed by atoms with Crippen LogP contribution < -0.4 is 10.2 Å². The Bertz CT molecular complexity index is 1340. The molecule has 0 saturated carbocycles. The highest BCUT2D eigenvalue weighted by Crippen LogP contribution is 2.27. The molecule has 0 aliphatic carbocycles. The summed E-state index contributed by atoms with van der Waals surface area (Å²) < 4.78 is 11.9. The van der Waals surface area contributed by atoms with E-state index >= 15 is 0 Å². The van der Waals surface area contributed by atoms with Gasteiger partial charge in [-0.3, -0.25) is 9.69 Å². The largest absolute Gasteiger partial charge is 0.487 e. The van der Waals surface area contributed by atoms with Gasteiger partial charge in [-0.1, -0.05) is 48.5 Å². The average molecular weight is 457 g/mol. The molecule has 174 valence electrons. The van der Waals surface area contributed by atoms with Gasteiger partial charge in [-0.2, -0.15) is 0 Å². The van der Waals surface area contributed by atoms with Crippen molar-refractivity contribution in [2.75, 3.05) is 39.3 Å². The van der Waals surface area contributed by atoms with E-state index in [9.17, 15) is 9.90 Å². The maximum absolute atomic E-state index is 12.8. The summed E-state index contributed by atoms with van der Waals surface area (Å²) in [4.78, 5) is 17.4. The van der Waals surface area contributed by atoms with Crippen LogP contribution in [-0.2, 0) is 0 Å². The van der Waals surface area contributed by atoms with Crippen LogP contribution in [0.4, 0.5) is 0 Å². The van der Waals surface area contributed by atoms with Gasteiger partial charge in [0.25, 0.3) is 0 Å². The first-order chi connectivity index (χ1) is 16.7. The SMILES string of the molecule is O=c1c2ccccc2oc2c(OCC(O)CN3CCN(/C=C/c4ccccc4)CC3)cccc12. The Labute approximate surface area is 198 Å². The zero-order valence-electron chi connectivity index (χ0n) is 19.0. The van der Waals surface area contributed by atoms with Crippen molar-refractivity contribution < 1.29 is 14.3 Å². The lowest BCUT2D eigenvalue weighted by atomic mass is 10.1. The summed E-state index contributed by atoms with van der Waals surface area (Å²) in [6.07, 6.45) is 3.63. The first-order valence-electron chi connectivity index (χ1n) is 11.6. The average Bonchev–Trinajstić information content (AvgIpc) is 2.88. The number of rotatable bonds is 7. The van der Waals surface area contributed by atoms with E-state index in [4.69, 9.17) is 9.15 Å². The van der Waals surface area contributed by atoms with Gasteiger partial charge < -0.3 is 19.2 Å². The van der Waals surface area contributed by atoms with Crippen LogP contribution in [0, 0.1) is 0 Å². The predicted octanol–water partition coefficient (Wildman–Crippen LogP) is 3.97. The fourth-order valence-electron chi connectivity index (χ4n) is 4.30. The second-order valence-electron chi connectivity index (χ2n) is 8.59. The molecule has 1 fully saturated rings. The maximum Gasteiger partial charge on any atom is 0.200 e. The summed E-state index contributed by atoms with van der Waals surface area (Å²) >= 11 is 0. The van der Waals surface area contributed by atoms with Gasteiger partial charge in [-0.25, -0.2) is 0 Å². The summed E-state index contributed by atoms with van der Waals surface area (Å²) in [6.45, 7) is 4.26. The van der Waals surface area contributed by atoms with Crippen molar-refractivity contribution in [3.05, 3.63) is 94.8 Å². The summed E-state index contributed by atoms with van der Waals surface area (Å²) in [6, 6.07) is 22.7. The van der Waals surface area contributed by atoms with Crippen molar-refractivity contribution in [3.63, 3.8) is 0 Å². The highest BCUT2D eigenvalue weighted by Gasteiger charge is 2.19. The summed E-state index contributed by atoms with van der Waals surface area (Å²) in [7, 11) is 0. The number of ether oxygens (including phenoxy) is 1. The van der Waals surface area contributed by atoms with Crippen LogP contribution in [0.15, 0.2) is 88.2 Å². The molecule has 0 radical (unpaired) electrons. The van der Waals surface area contributed by atoms with E-state index in [0.29, 0.717) is 34.2 Å². The number of aliphatic hydroxyl groups is 1. The van der Waals surface area contributed by atoms with Crippen LogP contribution in [0.3, 0.4) is 0 Å². The topological polar surface area (TPSA) is 66.2 Å². The Hall–Kier alpha value is -3.61. The molecule has 34 heavy (non-hydrogen) atoms. The highest BCUT2D eigenvalue weighted by molar-refractivity contribution is 5.92. The molecule has 1 atom stereocenters. The minimum absolute atomic E-state index is 0.0815. The molecule has 4 aromatic rings. The zero-order chi connectivity index (χ0) is 23.3. The molecule has 1 unspecified atom stereocenters. The van der Waals surface area contributed by atoms with Gasteiger partial charge in [0.2, 0.25) is 5.43 Å². The Morgan fingerprint density at radius 3 is 2.47 bits per heavy atom. The lowest BCUT2D eigenvalue weighted by molar-refractivity contribution is 0.0535. The first kappa shape index (κ1) is 22.2. The molecule has 1 aromatic heterocycles. The molecule has 2 heterocycles. The summed E-state index contributed by atoms with van der Waals surface area (Å²) in [5.74, 6) is 0.468. The van der Waals surface area contributed by atoms with Crippen molar-refractivity contribution >= 4 is 28.0 Å². The van der Waals surface area contributed by atoms with Crippen LogP contribution in [0.25, 0.3) is 28.0 Å². The van der Waals surface area contributed by atoms with Crippen molar-refractivity contribution in [1.29, 1.82) is 0 Å². The molecule has 6 heteroatoms. The van der Waals surface area contributed by atoms with Gasteiger partial charge in [0.15, 0.2) is 11.3 Å². The lowest BCUT2D eigenvalue weighted by Gasteiger charge is -2.35. The number of hydrogen-bond donors (Lipinski definition) is 1. The molecular formula is C28H28N2O4. The fraction of sp³-hybridized carbons (Fsp3) is 0.250. The molecule has 3 aromatic carbocycles. The third-order valence-corrected chi connectivity index (χ3v) is 6.15. The second kappa shape index (κ2) is 10.1. The van der Waals surface area contributed by atoms with Crippen molar-refractivity contribution in [2.24, 2.45) is 0 Å². The number of aliphatic hydroxyl groups excluding tert-OH is 1. The second-order valence-corrected chi connectivity index (χ2v) is 8.59. The Kier molecular flexibility index (Phi) is 6.60. The van der Waals surface area contributed by atoms with Gasteiger partial charge in [0.1, 0.15) is 18.3 Å². The van der Waals surface area contributed by atoms with Crippen LogP contribution in [0.2, 0.25) is 0 Å². The molecule has 0 spiro atoms. The Morgan fingerprint density at radius 2 is 1.65 bits per heavy atom. The van der Waals surface area contributed by atoms with E-state index in [1.54, 1.807) is 30.3 Å². The van der Waals surface area contributed by atoms with Crippen LogP contribution >= 0.6 is 0 Å². The van der Waals surface area contributed by atoms with Gasteiger partial charge in [-0.15, -0.1) is 0 Å². The minimum Gasteiger partial charge on any atom is -0.487 e.